The van der Waals surface area contributed by atoms with Crippen LogP contribution in [0.3, 0.4) is 0 Å². The number of para-hydroxylation sites is 1. The average molecular weight is 431 g/mol. The summed E-state index contributed by atoms with van der Waals surface area (Å²) in [5.74, 6) is 0.514. The maximum absolute atomic E-state index is 12.7. The van der Waals surface area contributed by atoms with E-state index >= 15 is 0 Å². The molecular weight excluding hydrogens is 412 g/mol. The lowest BCUT2D eigenvalue weighted by atomic mass is 10.1. The number of nitrogens with one attached hydrogen (secondary N) is 1. The third-order valence-corrected chi connectivity index (χ3v) is 4.15. The van der Waals surface area contributed by atoms with E-state index in [9.17, 15) is 13.6 Å². The fourth-order valence-electron chi connectivity index (χ4n) is 2.78. The van der Waals surface area contributed by atoms with Crippen LogP contribution in [0.15, 0.2) is 42.5 Å². The van der Waals surface area contributed by atoms with Gasteiger partial charge >= 0.3 is 6.61 Å². The summed E-state index contributed by atoms with van der Waals surface area (Å²) >= 11 is 0. The van der Waals surface area contributed by atoms with E-state index in [0.717, 1.165) is 0 Å². The third-order valence-electron chi connectivity index (χ3n) is 4.15. The maximum atomic E-state index is 12.7. The summed E-state index contributed by atoms with van der Waals surface area (Å²) in [5.41, 5.74) is 1.25. The molecule has 0 atom stereocenters. The van der Waals surface area contributed by atoms with Gasteiger partial charge in [-0.15, -0.1) is 5.10 Å². The van der Waals surface area contributed by atoms with Gasteiger partial charge in [-0.05, 0) is 47.7 Å². The van der Waals surface area contributed by atoms with Crippen molar-refractivity contribution in [2.75, 3.05) is 19.5 Å². The first-order chi connectivity index (χ1) is 14.9. The van der Waals surface area contributed by atoms with Crippen molar-refractivity contribution in [3.05, 3.63) is 53.9 Å². The van der Waals surface area contributed by atoms with Crippen LogP contribution in [0.5, 0.6) is 17.2 Å². The number of ether oxygens (including phenoxy) is 3. The van der Waals surface area contributed by atoms with E-state index in [1.165, 1.54) is 43.2 Å². The number of halogens is 2. The molecule has 1 N–H and O–H groups in total. The highest BCUT2D eigenvalue weighted by atomic mass is 19.3. The fraction of sp³-hybridized carbons (Fsp3) is 0.200. The predicted octanol–water partition coefficient (Wildman–Crippen LogP) is 3.24. The van der Waals surface area contributed by atoms with Gasteiger partial charge in [0.05, 0.1) is 14.2 Å². The lowest BCUT2D eigenvalue weighted by Gasteiger charge is -2.12. The maximum Gasteiger partial charge on any atom is 0.387 e. The lowest BCUT2D eigenvalue weighted by Crippen LogP contribution is -2.10. The Balaban J connectivity index is 1.82. The summed E-state index contributed by atoms with van der Waals surface area (Å²) in [6.45, 7) is -1.31. The van der Waals surface area contributed by atoms with Gasteiger partial charge in [-0.25, -0.2) is 0 Å². The molecule has 9 nitrogen and oxygen atoms in total. The largest absolute Gasteiger partial charge is 0.494 e. The monoisotopic (exact) mass is 431 g/mol. The first kappa shape index (κ1) is 21.7. The first-order valence-corrected chi connectivity index (χ1v) is 8.97. The Morgan fingerprint density at radius 2 is 1.94 bits per heavy atom. The number of tetrazole rings is 1. The zero-order valence-corrected chi connectivity index (χ0v) is 16.9. The van der Waals surface area contributed by atoms with Crippen molar-refractivity contribution in [2.45, 2.75) is 13.5 Å². The van der Waals surface area contributed by atoms with Crippen molar-refractivity contribution in [3.63, 3.8) is 0 Å². The molecule has 0 bridgehead atoms. The predicted molar refractivity (Wildman–Crippen MR) is 108 cm³/mol. The van der Waals surface area contributed by atoms with E-state index in [4.69, 9.17) is 9.47 Å². The second-order valence-corrected chi connectivity index (χ2v) is 6.10. The van der Waals surface area contributed by atoms with Crippen LogP contribution in [0.25, 0.3) is 11.8 Å². The number of aromatic nitrogens is 4. The van der Waals surface area contributed by atoms with Gasteiger partial charge in [0.25, 0.3) is 0 Å². The molecule has 0 aliphatic heterocycles. The van der Waals surface area contributed by atoms with Gasteiger partial charge in [0, 0.05) is 17.3 Å². The van der Waals surface area contributed by atoms with Crippen molar-refractivity contribution >= 4 is 17.7 Å². The minimum atomic E-state index is -3.04. The van der Waals surface area contributed by atoms with Gasteiger partial charge in [-0.1, -0.05) is 12.1 Å². The highest BCUT2D eigenvalue weighted by Gasteiger charge is 2.15. The zero-order valence-electron chi connectivity index (χ0n) is 16.9. The van der Waals surface area contributed by atoms with Crippen LogP contribution in [0.1, 0.15) is 11.4 Å². The molecule has 0 fully saturated rings. The van der Waals surface area contributed by atoms with Crippen molar-refractivity contribution in [3.8, 4) is 22.9 Å². The van der Waals surface area contributed by atoms with Crippen LogP contribution in [0.4, 0.5) is 14.5 Å². The van der Waals surface area contributed by atoms with Gasteiger partial charge in [0.2, 0.25) is 5.91 Å². The molecule has 3 rings (SSSR count). The van der Waals surface area contributed by atoms with E-state index in [1.807, 2.05) is 0 Å². The van der Waals surface area contributed by atoms with Crippen LogP contribution in [-0.2, 0) is 4.79 Å². The highest BCUT2D eigenvalue weighted by molar-refractivity contribution is 6.02. The van der Waals surface area contributed by atoms with E-state index < -0.39 is 12.5 Å². The van der Waals surface area contributed by atoms with Gasteiger partial charge in [-0.2, -0.15) is 13.5 Å². The Labute approximate surface area is 176 Å². The number of hydrogen-bond donors (Lipinski definition) is 1. The minimum absolute atomic E-state index is 0.125. The molecule has 11 heteroatoms. The number of nitrogens with zero attached hydrogens (tertiary/aromatic N) is 4. The number of hydrogen-bond acceptors (Lipinski definition) is 7. The second kappa shape index (κ2) is 9.65. The topological polar surface area (TPSA) is 100 Å². The molecule has 31 heavy (non-hydrogen) atoms. The van der Waals surface area contributed by atoms with E-state index in [0.29, 0.717) is 22.9 Å². The number of rotatable bonds is 8. The summed E-state index contributed by atoms with van der Waals surface area (Å²) in [6, 6.07) is 9.55. The molecule has 1 aromatic heterocycles. The Morgan fingerprint density at radius 3 is 2.58 bits per heavy atom. The number of aryl methyl sites for hydroxylation is 1. The van der Waals surface area contributed by atoms with Crippen molar-refractivity contribution in [2.24, 2.45) is 0 Å². The summed E-state index contributed by atoms with van der Waals surface area (Å²) in [5, 5.41) is 14.0. The summed E-state index contributed by atoms with van der Waals surface area (Å²) in [6.07, 6.45) is 2.55. The molecule has 0 aliphatic rings. The van der Waals surface area contributed by atoms with E-state index in [2.05, 4.69) is 25.6 Å². The SMILES string of the molecule is COc1ccc(NC(=O)/C=C/c2cccc(OC)c2OC(F)F)cc1-n1nnnc1C. The Hall–Kier alpha value is -4.02. The lowest BCUT2D eigenvalue weighted by molar-refractivity contribution is -0.111. The smallest absolute Gasteiger partial charge is 0.387 e. The number of benzene rings is 2. The average Bonchev–Trinajstić information content (AvgIpc) is 3.18. The fourth-order valence-corrected chi connectivity index (χ4v) is 2.78. The van der Waals surface area contributed by atoms with E-state index in [1.54, 1.807) is 31.2 Å². The number of carbonyl (C=O) groups excluding carboxylic acids is 1. The van der Waals surface area contributed by atoms with Crippen molar-refractivity contribution in [1.29, 1.82) is 0 Å². The van der Waals surface area contributed by atoms with Gasteiger partial charge in [0.15, 0.2) is 17.3 Å². The second-order valence-electron chi connectivity index (χ2n) is 6.10. The number of amides is 1. The number of alkyl halides is 2. The highest BCUT2D eigenvalue weighted by Crippen LogP contribution is 2.33. The Morgan fingerprint density at radius 1 is 1.16 bits per heavy atom. The number of anilines is 1. The first-order valence-electron chi connectivity index (χ1n) is 8.97. The molecule has 3 aromatic rings. The molecule has 0 saturated heterocycles. The van der Waals surface area contributed by atoms with Crippen LogP contribution in [0.2, 0.25) is 0 Å². The Kier molecular flexibility index (Phi) is 6.75. The van der Waals surface area contributed by atoms with Gasteiger partial charge < -0.3 is 19.5 Å². The molecule has 0 radical (unpaired) electrons. The van der Waals surface area contributed by atoms with Crippen LogP contribution in [-0.4, -0.2) is 46.9 Å². The number of carbonyl (C=O) groups is 1. The molecular formula is C20H19F2N5O4. The summed E-state index contributed by atoms with van der Waals surface area (Å²) < 4.78 is 41.9. The zero-order chi connectivity index (χ0) is 22.4. The molecule has 0 spiro atoms. The standard InChI is InChI=1S/C20H19F2N5O4/c1-12-24-25-26-27(12)15-11-14(8-9-16(15)29-2)23-18(28)10-7-13-5-4-6-17(30-3)19(13)31-20(21)22/h4-11,20H,1-3H3,(H,23,28)/b10-7+. The molecule has 162 valence electrons. The molecule has 0 aliphatic carbocycles. The minimum Gasteiger partial charge on any atom is -0.494 e. The van der Waals surface area contributed by atoms with E-state index in [-0.39, 0.29) is 17.1 Å². The van der Waals surface area contributed by atoms with Crippen LogP contribution in [0, 0.1) is 6.92 Å². The van der Waals surface area contributed by atoms with Gasteiger partial charge in [-0.3, -0.25) is 4.79 Å². The molecule has 1 amide bonds. The number of methoxy groups -OCH3 is 2. The molecule has 0 saturated carbocycles. The van der Waals surface area contributed by atoms with Crippen molar-refractivity contribution < 1.29 is 27.8 Å². The Bertz CT molecular complexity index is 1100. The van der Waals surface area contributed by atoms with Crippen LogP contribution >= 0.6 is 0 Å². The summed E-state index contributed by atoms with van der Waals surface area (Å²) in [4.78, 5) is 12.4. The third kappa shape index (κ3) is 5.13. The summed E-state index contributed by atoms with van der Waals surface area (Å²) in [7, 11) is 2.84. The quantitative estimate of drug-likeness (QED) is 0.547. The molecule has 2 aromatic carbocycles. The van der Waals surface area contributed by atoms with Crippen LogP contribution < -0.4 is 19.5 Å². The van der Waals surface area contributed by atoms with Crippen molar-refractivity contribution in [1.82, 2.24) is 20.2 Å². The molecule has 0 unspecified atom stereocenters. The van der Waals surface area contributed by atoms with Gasteiger partial charge in [0.1, 0.15) is 11.4 Å². The normalized spacial score (nSPS) is 11.0. The molecule has 1 heterocycles.